The van der Waals surface area contributed by atoms with E-state index in [1.54, 1.807) is 19.0 Å². The highest BCUT2D eigenvalue weighted by molar-refractivity contribution is 5.94. The Kier molecular flexibility index (Phi) is 8.89. The fourth-order valence-corrected chi connectivity index (χ4v) is 6.76. The number of nitrogens with zero attached hydrogens (tertiary/aromatic N) is 8. The second-order valence-electron chi connectivity index (χ2n) is 12.2. The fourth-order valence-electron chi connectivity index (χ4n) is 6.76. The molecule has 4 heterocycles. The molecule has 2 aromatic carbocycles. The van der Waals surface area contributed by atoms with Gasteiger partial charge in [-0.3, -0.25) is 9.69 Å². The molecule has 1 aromatic heterocycles. The lowest BCUT2D eigenvalue weighted by Gasteiger charge is -2.41. The minimum absolute atomic E-state index is 0.0650. The largest absolute Gasteiger partial charge is 0.465 e. The van der Waals surface area contributed by atoms with Gasteiger partial charge < -0.3 is 29.4 Å². The highest BCUT2D eigenvalue weighted by Crippen LogP contribution is 2.35. The Balaban J connectivity index is 1.30. The van der Waals surface area contributed by atoms with Crippen molar-refractivity contribution in [1.82, 2.24) is 24.7 Å². The van der Waals surface area contributed by atoms with Crippen LogP contribution in [0.1, 0.15) is 30.5 Å². The quantitative estimate of drug-likeness (QED) is 0.405. The maximum absolute atomic E-state index is 12.4. The van der Waals surface area contributed by atoms with Crippen LogP contribution in [-0.2, 0) is 17.8 Å². The minimum Gasteiger partial charge on any atom is -0.465 e. The van der Waals surface area contributed by atoms with Gasteiger partial charge in [-0.15, -0.1) is 0 Å². The van der Waals surface area contributed by atoms with Crippen molar-refractivity contribution in [3.8, 4) is 12.1 Å². The Labute approximate surface area is 263 Å². The van der Waals surface area contributed by atoms with Crippen LogP contribution in [0.15, 0.2) is 42.5 Å². The van der Waals surface area contributed by atoms with Gasteiger partial charge in [-0.05, 0) is 37.3 Å². The van der Waals surface area contributed by atoms with E-state index in [0.29, 0.717) is 32.8 Å². The third-order valence-electron chi connectivity index (χ3n) is 9.23. The van der Waals surface area contributed by atoms with Gasteiger partial charge in [-0.1, -0.05) is 36.4 Å². The Morgan fingerprint density at radius 2 is 1.87 bits per heavy atom. The molecule has 3 aliphatic heterocycles. The van der Waals surface area contributed by atoms with Crippen LogP contribution in [0.5, 0.6) is 6.01 Å². The zero-order valence-corrected chi connectivity index (χ0v) is 25.9. The van der Waals surface area contributed by atoms with Crippen molar-refractivity contribution in [2.45, 2.75) is 44.3 Å². The molecule has 0 bridgehead atoms. The molecule has 0 spiro atoms. The normalized spacial score (nSPS) is 20.2. The first kappa shape index (κ1) is 30.4. The lowest BCUT2D eigenvalue weighted by molar-refractivity contribution is -0.130. The van der Waals surface area contributed by atoms with Crippen molar-refractivity contribution >= 4 is 34.3 Å². The topological polar surface area (TPSA) is 129 Å². The van der Waals surface area contributed by atoms with Crippen LogP contribution in [0.4, 0.5) is 16.3 Å². The number of amides is 2. The minimum atomic E-state index is -1.01. The number of rotatable bonds is 8. The molecular weight excluding hydrogens is 572 g/mol. The van der Waals surface area contributed by atoms with Gasteiger partial charge in [0.05, 0.1) is 37.3 Å². The van der Waals surface area contributed by atoms with Gasteiger partial charge in [0.2, 0.25) is 5.91 Å². The van der Waals surface area contributed by atoms with Crippen LogP contribution < -0.4 is 14.5 Å². The summed E-state index contributed by atoms with van der Waals surface area (Å²) in [5.41, 5.74) is 3.08. The number of carbonyl (C=O) groups is 2. The zero-order valence-electron chi connectivity index (χ0n) is 25.9. The molecule has 2 amide bonds. The SMILES string of the molecule is CN(C)C(=O)CN1CCCC1COc1nc2c(c(N3CCN(C(=O)O)C(CC#N)C3)n1)CCN(c1cccc3ccccc13)C2. The van der Waals surface area contributed by atoms with E-state index >= 15 is 0 Å². The van der Waals surface area contributed by atoms with E-state index in [1.165, 1.54) is 15.7 Å². The third-order valence-corrected chi connectivity index (χ3v) is 9.23. The number of hydrogen-bond donors (Lipinski definition) is 1. The molecular formula is C33H40N8O4. The Morgan fingerprint density at radius 3 is 2.67 bits per heavy atom. The van der Waals surface area contributed by atoms with Crippen molar-refractivity contribution in [2.24, 2.45) is 0 Å². The molecule has 0 saturated carbocycles. The fraction of sp³-hybridized carbons (Fsp3) is 0.485. The Bertz CT molecular complexity index is 1600. The molecule has 2 saturated heterocycles. The maximum atomic E-state index is 12.4. The summed E-state index contributed by atoms with van der Waals surface area (Å²) in [6.45, 7) is 4.06. The number of likely N-dealkylation sites (N-methyl/N-ethyl adjacent to an activating group) is 1. The van der Waals surface area contributed by atoms with Gasteiger partial charge in [-0.2, -0.15) is 15.2 Å². The van der Waals surface area contributed by atoms with Crippen molar-refractivity contribution < 1.29 is 19.4 Å². The molecule has 236 valence electrons. The van der Waals surface area contributed by atoms with Gasteiger partial charge in [0.15, 0.2) is 0 Å². The van der Waals surface area contributed by atoms with E-state index in [1.807, 2.05) is 6.07 Å². The number of benzene rings is 2. The monoisotopic (exact) mass is 612 g/mol. The first-order chi connectivity index (χ1) is 21.8. The standard InChI is InChI=1S/C33H40N8O4/c1-37(2)30(42)21-38-15-6-9-25(38)22-45-32-35-28-20-39(29-11-5-8-23-7-3-4-10-26(23)29)16-13-27(28)31(36-32)40-17-18-41(33(43)44)24(19-40)12-14-34/h3-5,7-8,10-11,24-25H,6,9,12-13,15-22H2,1-2H3,(H,43,44). The summed E-state index contributed by atoms with van der Waals surface area (Å²) in [6.07, 6.45) is 1.75. The van der Waals surface area contributed by atoms with E-state index in [0.717, 1.165) is 55.1 Å². The van der Waals surface area contributed by atoms with Crippen molar-refractivity contribution in [3.05, 3.63) is 53.7 Å². The number of carbonyl (C=O) groups excluding carboxylic acids is 1. The molecule has 2 fully saturated rings. The average Bonchev–Trinajstić information content (AvgIpc) is 3.49. The van der Waals surface area contributed by atoms with Crippen LogP contribution in [0, 0.1) is 11.3 Å². The highest BCUT2D eigenvalue weighted by Gasteiger charge is 2.34. The molecule has 1 N–H and O–H groups in total. The summed E-state index contributed by atoms with van der Waals surface area (Å²) in [5.74, 6) is 0.821. The predicted octanol–water partition coefficient (Wildman–Crippen LogP) is 3.21. The van der Waals surface area contributed by atoms with Crippen LogP contribution in [0.3, 0.4) is 0 Å². The number of fused-ring (bicyclic) bond motifs is 2. The Hall–Kier alpha value is -4.63. The molecule has 0 aliphatic carbocycles. The number of piperazine rings is 1. The number of anilines is 2. The Morgan fingerprint density at radius 1 is 1.04 bits per heavy atom. The number of likely N-dealkylation sites (tertiary alicyclic amines) is 1. The molecule has 3 aliphatic rings. The summed E-state index contributed by atoms with van der Waals surface area (Å²) in [5, 5.41) is 21.5. The number of ether oxygens (including phenoxy) is 1. The molecule has 2 atom stereocenters. The number of aromatic nitrogens is 2. The summed E-state index contributed by atoms with van der Waals surface area (Å²) >= 11 is 0. The average molecular weight is 613 g/mol. The van der Waals surface area contributed by atoms with Crippen LogP contribution in [0.2, 0.25) is 0 Å². The second kappa shape index (κ2) is 13.2. The number of nitriles is 1. The van der Waals surface area contributed by atoms with E-state index in [2.05, 4.69) is 57.2 Å². The van der Waals surface area contributed by atoms with Gasteiger partial charge in [0.25, 0.3) is 0 Å². The highest BCUT2D eigenvalue weighted by atomic mass is 16.5. The molecule has 45 heavy (non-hydrogen) atoms. The maximum Gasteiger partial charge on any atom is 0.407 e. The zero-order chi connectivity index (χ0) is 31.5. The van der Waals surface area contributed by atoms with Crippen LogP contribution >= 0.6 is 0 Å². The molecule has 0 radical (unpaired) electrons. The van der Waals surface area contributed by atoms with E-state index in [9.17, 15) is 20.0 Å². The van der Waals surface area contributed by atoms with Gasteiger partial charge in [0.1, 0.15) is 12.4 Å². The van der Waals surface area contributed by atoms with Crippen molar-refractivity contribution in [2.75, 3.05) is 69.8 Å². The predicted molar refractivity (Wildman–Crippen MR) is 170 cm³/mol. The van der Waals surface area contributed by atoms with Crippen LogP contribution in [-0.4, -0.2) is 114 Å². The second-order valence-corrected chi connectivity index (χ2v) is 12.2. The van der Waals surface area contributed by atoms with E-state index in [-0.39, 0.29) is 30.9 Å². The molecule has 12 nitrogen and oxygen atoms in total. The number of carboxylic acid groups (broad SMARTS) is 1. The lowest BCUT2D eigenvalue weighted by Crippen LogP contribution is -2.55. The first-order valence-electron chi connectivity index (χ1n) is 15.6. The van der Waals surface area contributed by atoms with Gasteiger partial charge in [-0.25, -0.2) is 4.79 Å². The summed E-state index contributed by atoms with van der Waals surface area (Å²) in [7, 11) is 3.54. The molecule has 12 heteroatoms. The molecule has 6 rings (SSSR count). The molecule has 2 unspecified atom stereocenters. The summed E-state index contributed by atoms with van der Waals surface area (Å²) in [6, 6.07) is 16.8. The van der Waals surface area contributed by atoms with E-state index in [4.69, 9.17) is 14.7 Å². The first-order valence-corrected chi connectivity index (χ1v) is 15.6. The van der Waals surface area contributed by atoms with Gasteiger partial charge >= 0.3 is 12.1 Å². The third kappa shape index (κ3) is 6.44. The molecule has 3 aromatic rings. The van der Waals surface area contributed by atoms with Crippen molar-refractivity contribution in [1.29, 1.82) is 5.26 Å². The smallest absolute Gasteiger partial charge is 0.407 e. The van der Waals surface area contributed by atoms with E-state index < -0.39 is 12.1 Å². The van der Waals surface area contributed by atoms with Gasteiger partial charge in [0, 0.05) is 63.0 Å². The summed E-state index contributed by atoms with van der Waals surface area (Å²) in [4.78, 5) is 43.8. The lowest BCUT2D eigenvalue weighted by atomic mass is 10.0. The van der Waals surface area contributed by atoms with Crippen LogP contribution in [0.25, 0.3) is 10.8 Å². The summed E-state index contributed by atoms with van der Waals surface area (Å²) < 4.78 is 6.31. The van der Waals surface area contributed by atoms with Crippen molar-refractivity contribution in [3.63, 3.8) is 0 Å². The number of hydrogen-bond acceptors (Lipinski definition) is 9.